The van der Waals surface area contributed by atoms with E-state index in [1.165, 1.54) is 12.1 Å². The van der Waals surface area contributed by atoms with E-state index < -0.39 is 120 Å². The van der Waals surface area contributed by atoms with Crippen molar-refractivity contribution in [3.63, 3.8) is 0 Å². The number of rotatable bonds is 26. The number of unbranched alkanes of at least 4 members (excludes halogenated alkanes) is 3. The van der Waals surface area contributed by atoms with E-state index in [9.17, 15) is 86.1 Å². The first-order chi connectivity index (χ1) is 38.0. The van der Waals surface area contributed by atoms with Crippen LogP contribution in [0, 0.1) is 0 Å². The molecular weight excluding hydrogens is 1150 g/mol. The summed E-state index contributed by atoms with van der Waals surface area (Å²) in [5, 5.41) is 34.9. The molecule has 0 aliphatic carbocycles. The zero-order valence-corrected chi connectivity index (χ0v) is 48.3. The number of allylic oxidation sites excluding steroid dienone is 6. The summed E-state index contributed by atoms with van der Waals surface area (Å²) in [6, 6.07) is 5.59. The first-order valence-electron chi connectivity index (χ1n) is 25.6. The van der Waals surface area contributed by atoms with E-state index in [2.05, 4.69) is 16.0 Å². The summed E-state index contributed by atoms with van der Waals surface area (Å²) >= 11 is 0. The lowest BCUT2D eigenvalue weighted by Gasteiger charge is -2.26. The van der Waals surface area contributed by atoms with Crippen molar-refractivity contribution in [1.29, 1.82) is 0 Å². The molecule has 0 radical (unpaired) electrons. The quantitative estimate of drug-likeness (QED) is 0.0156. The number of benzene rings is 4. The van der Waals surface area contributed by atoms with Gasteiger partial charge in [-0.15, -0.1) is 0 Å². The third kappa shape index (κ3) is 14.4. The second-order valence-electron chi connectivity index (χ2n) is 20.6. The van der Waals surface area contributed by atoms with Crippen LogP contribution in [0.5, 0.6) is 0 Å². The molecule has 4 aromatic rings. The molecule has 9 N–H and O–H groups in total. The molecule has 2 heterocycles. The molecule has 2 aliphatic rings. The minimum Gasteiger partial charge on any atom is -0.744 e. The van der Waals surface area contributed by atoms with E-state index in [1.807, 2.05) is 44.1 Å². The normalized spacial score (nSPS) is 16.5. The Morgan fingerprint density at radius 2 is 1.22 bits per heavy atom. The molecule has 444 valence electrons. The van der Waals surface area contributed by atoms with E-state index in [1.54, 1.807) is 42.5 Å². The van der Waals surface area contributed by atoms with Crippen molar-refractivity contribution in [1.82, 2.24) is 16.0 Å². The van der Waals surface area contributed by atoms with Crippen molar-refractivity contribution in [2.24, 2.45) is 0 Å². The second kappa shape index (κ2) is 24.8. The molecular formula is C53H63N5O20S4. The lowest BCUT2D eigenvalue weighted by atomic mass is 9.79. The topological polar surface area (TPSA) is 409 Å². The van der Waals surface area contributed by atoms with Gasteiger partial charge in [0.15, 0.2) is 5.71 Å². The molecule has 0 fully saturated rings. The number of fused-ring (bicyclic) bond motifs is 6. The van der Waals surface area contributed by atoms with Crippen LogP contribution in [-0.4, -0.2) is 139 Å². The summed E-state index contributed by atoms with van der Waals surface area (Å²) in [4.78, 5) is 58.1. The zero-order chi connectivity index (χ0) is 61.1. The van der Waals surface area contributed by atoms with Crippen LogP contribution in [0.2, 0.25) is 0 Å². The van der Waals surface area contributed by atoms with Crippen molar-refractivity contribution in [2.45, 2.75) is 135 Å². The van der Waals surface area contributed by atoms with Crippen molar-refractivity contribution in [2.75, 3.05) is 24.5 Å². The highest BCUT2D eigenvalue weighted by Gasteiger charge is 2.46. The van der Waals surface area contributed by atoms with E-state index in [0.29, 0.717) is 84.8 Å². The fraction of sp³-hybridized carbons (Fsp3) is 0.396. The number of hydrogen-bond donors (Lipinski definition) is 9. The van der Waals surface area contributed by atoms with Crippen LogP contribution in [0.3, 0.4) is 0 Å². The molecule has 0 saturated heterocycles. The minimum absolute atomic E-state index is 0.0128. The number of carboxylic acid groups (broad SMARTS) is 3. The minimum atomic E-state index is -5.21. The van der Waals surface area contributed by atoms with Crippen LogP contribution in [-0.2, 0) is 70.5 Å². The maximum absolute atomic E-state index is 12.8. The van der Waals surface area contributed by atoms with Gasteiger partial charge in [-0.05, 0) is 123 Å². The van der Waals surface area contributed by atoms with Crippen molar-refractivity contribution in [3.8, 4) is 0 Å². The van der Waals surface area contributed by atoms with Gasteiger partial charge < -0.3 is 40.7 Å². The van der Waals surface area contributed by atoms with E-state index in [0.717, 1.165) is 12.1 Å². The highest BCUT2D eigenvalue weighted by Crippen LogP contribution is 2.52. The van der Waals surface area contributed by atoms with Crippen LogP contribution < -0.4 is 20.9 Å². The molecule has 6 rings (SSSR count). The molecule has 2 aliphatic heterocycles. The zero-order valence-electron chi connectivity index (χ0n) is 45.1. The van der Waals surface area contributed by atoms with Gasteiger partial charge in [-0.1, -0.05) is 38.1 Å². The average molecular weight is 1220 g/mol. The molecule has 82 heavy (non-hydrogen) atoms. The van der Waals surface area contributed by atoms with Crippen LogP contribution in [0.25, 0.3) is 21.5 Å². The number of aliphatic carboxylic acids is 3. The first kappa shape index (κ1) is 64.1. The number of carbonyl (C=O) groups excluding carboxylic acids is 2. The Labute approximate surface area is 473 Å². The molecule has 29 heteroatoms. The van der Waals surface area contributed by atoms with E-state index in [-0.39, 0.29) is 53.3 Å². The summed E-state index contributed by atoms with van der Waals surface area (Å²) in [6.45, 7) is 10.1. The Balaban J connectivity index is 1.21. The van der Waals surface area contributed by atoms with Gasteiger partial charge in [-0.3, -0.25) is 23.2 Å². The maximum Gasteiger partial charge on any atom is 0.326 e. The number of amides is 3. The highest BCUT2D eigenvalue weighted by molar-refractivity contribution is 7.87. The van der Waals surface area contributed by atoms with Crippen LogP contribution in [0.4, 0.5) is 16.2 Å². The summed E-state index contributed by atoms with van der Waals surface area (Å²) in [6.07, 6.45) is 9.90. The van der Waals surface area contributed by atoms with E-state index in [4.69, 9.17) is 5.11 Å². The summed E-state index contributed by atoms with van der Waals surface area (Å²) in [5.41, 5.74) is 1.54. The van der Waals surface area contributed by atoms with Crippen molar-refractivity contribution in [3.05, 3.63) is 95.7 Å². The van der Waals surface area contributed by atoms with Gasteiger partial charge >= 0.3 is 23.9 Å². The Hall–Kier alpha value is -7.12. The van der Waals surface area contributed by atoms with Crippen LogP contribution >= 0.6 is 0 Å². The predicted molar refractivity (Wildman–Crippen MR) is 297 cm³/mol. The Bertz CT molecular complexity index is 3870. The number of anilines is 1. The third-order valence-electron chi connectivity index (χ3n) is 14.4. The van der Waals surface area contributed by atoms with Gasteiger partial charge in [0.25, 0.3) is 30.4 Å². The molecule has 25 nitrogen and oxygen atoms in total. The predicted octanol–water partition coefficient (Wildman–Crippen LogP) is 5.74. The molecule has 2 atom stereocenters. The number of carboxylic acids is 3. The molecule has 0 unspecified atom stereocenters. The Morgan fingerprint density at radius 1 is 0.646 bits per heavy atom. The molecule has 0 aromatic heterocycles. The van der Waals surface area contributed by atoms with Gasteiger partial charge in [0.2, 0.25) is 11.6 Å². The monoisotopic (exact) mass is 1220 g/mol. The van der Waals surface area contributed by atoms with Crippen LogP contribution in [0.1, 0.15) is 104 Å². The molecule has 0 spiro atoms. The molecule has 0 bridgehead atoms. The smallest absolute Gasteiger partial charge is 0.326 e. The summed E-state index contributed by atoms with van der Waals surface area (Å²) < 4.78 is 145. The molecule has 0 saturated carbocycles. The SMILES string of the molecule is CCN1/C(=C/C=C/C=C/C2=[N+](CCCCCC(=O)NCCCC[C@H](NC(=O)N[C@@H](CCC(=O)O)C(=O)O)C(=O)O)c3ccc4c(S(=O)(=O)O)cc(S(=O)(=O)O)cc4c3C2(C)C)C(C)(C)c2c1ccc1c(S(=O)(=O)[O-])cc(S(=O)(=O)O)cc21. The second-order valence-corrected chi connectivity index (χ2v) is 26.2. The van der Waals surface area contributed by atoms with Gasteiger partial charge in [0.1, 0.15) is 33.6 Å². The number of nitrogens with zero attached hydrogens (tertiary/aromatic N) is 2. The lowest BCUT2D eigenvalue weighted by Crippen LogP contribution is -2.51. The molecule has 4 aromatic carbocycles. The highest BCUT2D eigenvalue weighted by atomic mass is 32.2. The number of urea groups is 1. The molecule has 3 amide bonds. The van der Waals surface area contributed by atoms with Gasteiger partial charge in [-0.25, -0.2) is 22.8 Å². The standard InChI is InChI=1S/C53H63N5O20S4/c1-6-57-39-22-19-33-35(27-31(79(67,68)69)29-41(33)81(73,74)75)47(39)52(2,3)43(57)16-9-7-10-17-44-53(4,5)48-36-28-32(80(70,71)72)30-42(82(76,77)78)34(36)20-23-40(48)58(44)26-14-8-11-18-45(59)54-25-13-12-15-37(49(62)63)55-51(66)56-38(50(64)65)21-24-46(60)61/h7,9-10,16-17,19-20,22-23,27-30,37-38H,6,8,11-15,18,21,24-26H2,1-5H3,(H9-,54,55,56,59,60,61,62,63,64,65,66,67,68,69,70,71,72,73,74,75,76,77,78)/t37-,38-/m0/s1. The maximum atomic E-state index is 12.8. The number of nitrogens with one attached hydrogen (secondary N) is 3. The third-order valence-corrected chi connectivity index (χ3v) is 17.8. The summed E-state index contributed by atoms with van der Waals surface area (Å²) in [7, 11) is -20.2. The number of hydrogen-bond acceptors (Lipinski definition) is 15. The van der Waals surface area contributed by atoms with Gasteiger partial charge in [0.05, 0.1) is 20.1 Å². The largest absolute Gasteiger partial charge is 0.744 e. The fourth-order valence-electron chi connectivity index (χ4n) is 10.6. The van der Waals surface area contributed by atoms with Crippen LogP contribution in [0.15, 0.2) is 104 Å². The number of carbonyl (C=O) groups is 5. The Morgan fingerprint density at radius 3 is 1.78 bits per heavy atom. The van der Waals surface area contributed by atoms with Crippen molar-refractivity contribution < 1.29 is 95.7 Å². The average Bonchev–Trinajstić information content (AvgIpc) is 1.86. The number of likely N-dealkylation sites (N-methyl/N-ethyl adjacent to an activating group) is 1. The van der Waals surface area contributed by atoms with Crippen molar-refractivity contribution >= 4 is 109 Å². The lowest BCUT2D eigenvalue weighted by molar-refractivity contribution is -0.438. The van der Waals surface area contributed by atoms with Gasteiger partial charge in [0, 0.05) is 72.2 Å². The first-order valence-corrected chi connectivity index (χ1v) is 31.3. The Kier molecular flexibility index (Phi) is 19.3. The van der Waals surface area contributed by atoms with Gasteiger partial charge in [-0.2, -0.15) is 29.8 Å². The fourth-order valence-corrected chi connectivity index (χ4v) is 13.3. The van der Waals surface area contributed by atoms with E-state index >= 15 is 0 Å². The summed E-state index contributed by atoms with van der Waals surface area (Å²) in [5.74, 6) is -4.46.